The quantitative estimate of drug-likeness (QED) is 0.0662. The van der Waals surface area contributed by atoms with Crippen LogP contribution in [0.3, 0.4) is 0 Å². The normalized spacial score (nSPS) is 15.5. The van der Waals surface area contributed by atoms with E-state index < -0.39 is 102 Å². The number of nitriles is 3. The molecule has 0 bridgehead atoms. The summed E-state index contributed by atoms with van der Waals surface area (Å²) in [6, 6.07) is 20.9. The molecule has 0 heterocycles. The third-order valence-corrected chi connectivity index (χ3v) is 14.3. The van der Waals surface area contributed by atoms with Gasteiger partial charge in [-0.1, -0.05) is 76.6 Å². The number of rotatable bonds is 17. The molecular weight excluding hydrogens is 1050 g/mol. The Labute approximate surface area is 413 Å². The number of amides is 2. The van der Waals surface area contributed by atoms with Crippen molar-refractivity contribution in [3.05, 3.63) is 147 Å². The second kappa shape index (κ2) is 22.8. The number of hydrogen-bond acceptors (Lipinski definition) is 11. The average molecular weight is 1090 g/mol. The maximum atomic E-state index is 14.0. The van der Waals surface area contributed by atoms with Crippen LogP contribution < -0.4 is 21.3 Å². The third kappa shape index (κ3) is 15.8. The van der Waals surface area contributed by atoms with Crippen LogP contribution in [0.5, 0.6) is 0 Å². The van der Waals surface area contributed by atoms with Gasteiger partial charge in [0.1, 0.15) is 51.4 Å². The molecule has 0 saturated heterocycles. The van der Waals surface area contributed by atoms with Crippen molar-refractivity contribution in [1.82, 2.24) is 21.3 Å². The van der Waals surface area contributed by atoms with Gasteiger partial charge < -0.3 is 10.6 Å². The zero-order valence-electron chi connectivity index (χ0n) is 37.4. The molecule has 2 amide bonds. The van der Waals surface area contributed by atoms with Crippen LogP contribution in [-0.4, -0.2) is 82.4 Å². The van der Waals surface area contributed by atoms with Crippen LogP contribution in [0.25, 0.3) is 10.8 Å². The number of alkyl halides is 6. The van der Waals surface area contributed by atoms with E-state index in [-0.39, 0.29) is 16.9 Å². The maximum absolute atomic E-state index is 14.0. The highest BCUT2D eigenvalue weighted by molar-refractivity contribution is 9.10. The van der Waals surface area contributed by atoms with Gasteiger partial charge in [-0.25, -0.2) is 21.2 Å². The van der Waals surface area contributed by atoms with Crippen molar-refractivity contribution in [2.45, 2.75) is 79.2 Å². The van der Waals surface area contributed by atoms with Crippen LogP contribution in [0.15, 0.2) is 119 Å². The Balaban J connectivity index is 0.000000264. The number of hydrogen-bond donors (Lipinski definition) is 4. The first-order chi connectivity index (χ1) is 33.2. The fraction of sp³-hybridized carbons (Fsp3) is 0.312. The van der Waals surface area contributed by atoms with Crippen LogP contribution in [-0.2, 0) is 35.7 Å². The summed E-state index contributed by atoms with van der Waals surface area (Å²) in [5.74, 6) is -4.76. The predicted molar refractivity (Wildman–Crippen MR) is 251 cm³/mol. The molecule has 5 aromatic rings. The summed E-state index contributed by atoms with van der Waals surface area (Å²) in [6.07, 6.45) is -8.34. The molecule has 0 aliphatic heterocycles. The average Bonchev–Trinajstić information content (AvgIpc) is 4.08. The standard InChI is InChI=1S/C25H21F4N3O3S.C23H22BrF3N4O3S/c26-19-8-5-17(6-9-19)22(25(27,28)29)31-21(23(33)32-24(15-30)11-12-24)14-36(34,35)20-10-7-16-3-1-2-4-18(16)13-20;1-14-9-15(11-28)3-4-17(14)10-19(12-29)30-22(32)20(13-35(2,33)34)31-21(23(25,26)27)16-5-7-18(24)8-6-16/h1-10,13,21-22,31H,11-12,14H2,(H,32,33);3-9,19-21,31H,10,13H2,1-2H3,(H,30,32)/t21-,22-;19?,20-,21-/m00/s1. The predicted octanol–water partition coefficient (Wildman–Crippen LogP) is 7.67. The van der Waals surface area contributed by atoms with E-state index >= 15 is 0 Å². The lowest BCUT2D eigenvalue weighted by molar-refractivity contribution is -0.161. The molecule has 23 heteroatoms. The summed E-state index contributed by atoms with van der Waals surface area (Å²) in [4.78, 5) is 25.8. The van der Waals surface area contributed by atoms with E-state index in [0.717, 1.165) is 35.9 Å². The van der Waals surface area contributed by atoms with Gasteiger partial charge >= 0.3 is 12.4 Å². The lowest BCUT2D eigenvalue weighted by Crippen LogP contribution is -2.54. The summed E-state index contributed by atoms with van der Waals surface area (Å²) in [6.45, 7) is 1.71. The van der Waals surface area contributed by atoms with Gasteiger partial charge in [-0.05, 0) is 101 Å². The Kier molecular flexibility index (Phi) is 17.8. The van der Waals surface area contributed by atoms with E-state index in [1.807, 2.05) is 18.2 Å². The van der Waals surface area contributed by atoms with E-state index in [1.165, 1.54) is 36.4 Å². The van der Waals surface area contributed by atoms with Crippen molar-refractivity contribution in [2.24, 2.45) is 0 Å². The molecule has 13 nitrogen and oxygen atoms in total. The Morgan fingerprint density at radius 3 is 1.77 bits per heavy atom. The molecule has 374 valence electrons. The molecule has 0 spiro atoms. The minimum absolute atomic E-state index is 0.0147. The molecule has 1 saturated carbocycles. The Bertz CT molecular complexity index is 3100. The molecule has 0 radical (unpaired) electrons. The molecule has 1 unspecified atom stereocenters. The number of benzene rings is 5. The fourth-order valence-electron chi connectivity index (χ4n) is 7.18. The fourth-order valence-corrected chi connectivity index (χ4v) is 9.76. The van der Waals surface area contributed by atoms with Crippen molar-refractivity contribution >= 4 is 58.2 Å². The van der Waals surface area contributed by atoms with Gasteiger partial charge in [-0.2, -0.15) is 42.1 Å². The van der Waals surface area contributed by atoms with Gasteiger partial charge in [0.05, 0.1) is 40.2 Å². The minimum atomic E-state index is -4.93. The van der Waals surface area contributed by atoms with E-state index in [9.17, 15) is 67.7 Å². The van der Waals surface area contributed by atoms with E-state index in [1.54, 1.807) is 55.5 Å². The lowest BCUT2D eigenvalue weighted by Gasteiger charge is -2.28. The highest BCUT2D eigenvalue weighted by Gasteiger charge is 2.48. The second-order valence-corrected chi connectivity index (χ2v) is 21.8. The van der Waals surface area contributed by atoms with Crippen molar-refractivity contribution in [3.8, 4) is 18.2 Å². The molecule has 1 aliphatic rings. The summed E-state index contributed by atoms with van der Waals surface area (Å²) in [5.41, 5.74) is -0.0910. The highest BCUT2D eigenvalue weighted by Crippen LogP contribution is 2.37. The second-order valence-electron chi connectivity index (χ2n) is 16.7. The Morgan fingerprint density at radius 2 is 1.28 bits per heavy atom. The van der Waals surface area contributed by atoms with Gasteiger partial charge in [0.25, 0.3) is 0 Å². The SMILES string of the molecule is Cc1cc(C#N)ccc1CC(C#N)NC(=O)[C@H](CS(C)(=O)=O)N[C@@H](c1ccc(Br)cc1)C(F)(F)F.N#CC1(NC(=O)[C@H](CS(=O)(=O)c2ccc3ccccc3c2)N[C@@H](c2ccc(F)cc2)C(F)(F)F)CC1. The summed E-state index contributed by atoms with van der Waals surface area (Å²) < 4.78 is 148. The topological polar surface area (TPSA) is 222 Å². The number of sulfone groups is 2. The van der Waals surface area contributed by atoms with Crippen LogP contribution in [0.2, 0.25) is 0 Å². The minimum Gasteiger partial charge on any atom is -0.339 e. The lowest BCUT2D eigenvalue weighted by atomic mass is 9.99. The van der Waals surface area contributed by atoms with Crippen molar-refractivity contribution in [3.63, 3.8) is 0 Å². The summed E-state index contributed by atoms with van der Waals surface area (Å²) in [7, 11) is -8.13. The molecule has 1 aliphatic carbocycles. The summed E-state index contributed by atoms with van der Waals surface area (Å²) in [5, 5.41) is 38.1. The zero-order chi connectivity index (χ0) is 52.5. The first-order valence-electron chi connectivity index (χ1n) is 21.1. The third-order valence-electron chi connectivity index (χ3n) is 11.1. The molecule has 6 rings (SSSR count). The largest absolute Gasteiger partial charge is 0.407 e. The van der Waals surface area contributed by atoms with Gasteiger partial charge in [0.15, 0.2) is 9.84 Å². The van der Waals surface area contributed by atoms with Crippen LogP contribution >= 0.6 is 15.9 Å². The maximum Gasteiger partial charge on any atom is 0.407 e. The zero-order valence-corrected chi connectivity index (χ0v) is 40.7. The number of carbonyl (C=O) groups is 2. The van der Waals surface area contributed by atoms with Gasteiger partial charge in [0.2, 0.25) is 11.8 Å². The van der Waals surface area contributed by atoms with Crippen molar-refractivity contribution in [1.29, 1.82) is 15.8 Å². The first-order valence-corrected chi connectivity index (χ1v) is 25.6. The summed E-state index contributed by atoms with van der Waals surface area (Å²) >= 11 is 3.14. The number of fused-ring (bicyclic) bond motifs is 1. The molecule has 71 heavy (non-hydrogen) atoms. The number of carbonyl (C=O) groups excluding carboxylic acids is 2. The Morgan fingerprint density at radius 1 is 0.732 bits per heavy atom. The highest BCUT2D eigenvalue weighted by atomic mass is 79.9. The number of aryl methyl sites for hydroxylation is 1. The Hall–Kier alpha value is -6.42. The van der Waals surface area contributed by atoms with E-state index in [0.29, 0.717) is 39.4 Å². The molecule has 0 aromatic heterocycles. The van der Waals surface area contributed by atoms with Crippen molar-refractivity contribution < 1.29 is 57.2 Å². The van der Waals surface area contributed by atoms with Gasteiger partial charge in [-0.15, -0.1) is 0 Å². The van der Waals surface area contributed by atoms with Gasteiger partial charge in [-0.3, -0.25) is 20.2 Å². The number of halogens is 8. The molecule has 5 atom stereocenters. The van der Waals surface area contributed by atoms with Crippen LogP contribution in [0.4, 0.5) is 30.7 Å². The smallest absolute Gasteiger partial charge is 0.339 e. The van der Waals surface area contributed by atoms with Gasteiger partial charge in [0, 0.05) is 17.1 Å². The molecule has 5 aromatic carbocycles. The van der Waals surface area contributed by atoms with E-state index in [4.69, 9.17) is 5.26 Å². The first kappa shape index (κ1) is 55.5. The van der Waals surface area contributed by atoms with Crippen LogP contribution in [0, 0.1) is 46.7 Å². The molecule has 1 fully saturated rings. The number of nitrogens with one attached hydrogen (secondary N) is 4. The monoisotopic (exact) mass is 1090 g/mol. The molecule has 4 N–H and O–H groups in total. The van der Waals surface area contributed by atoms with E-state index in [2.05, 4.69) is 37.2 Å². The van der Waals surface area contributed by atoms with Crippen LogP contribution in [0.1, 0.15) is 52.7 Å². The molecular formula is C48H43BrF7N7O6S2. The number of nitrogens with zero attached hydrogens (tertiary/aromatic N) is 3. The van der Waals surface area contributed by atoms with Crippen molar-refractivity contribution in [2.75, 3.05) is 17.8 Å².